The Hall–Kier alpha value is -1.06. The minimum Gasteiger partial charge on any atom is -0.493 e. The Bertz CT molecular complexity index is 461. The van der Waals surface area contributed by atoms with Crippen LogP contribution in [0.25, 0.3) is 0 Å². The van der Waals surface area contributed by atoms with Gasteiger partial charge in [-0.05, 0) is 55.7 Å². The van der Waals surface area contributed by atoms with E-state index in [1.165, 1.54) is 11.1 Å². The lowest BCUT2D eigenvalue weighted by Gasteiger charge is -2.35. The monoisotopic (exact) mass is 276 g/mol. The van der Waals surface area contributed by atoms with Gasteiger partial charge in [0.15, 0.2) is 0 Å². The molecule has 20 heavy (non-hydrogen) atoms. The van der Waals surface area contributed by atoms with Crippen molar-refractivity contribution in [3.63, 3.8) is 0 Å². The van der Waals surface area contributed by atoms with Gasteiger partial charge < -0.3 is 14.6 Å². The predicted molar refractivity (Wildman–Crippen MR) is 78.2 cm³/mol. The number of aryl methyl sites for hydroxylation is 1. The zero-order valence-corrected chi connectivity index (χ0v) is 12.2. The number of rotatable bonds is 4. The molecule has 0 spiro atoms. The molecule has 0 unspecified atom stereocenters. The van der Waals surface area contributed by atoms with Crippen LogP contribution in [-0.2, 0) is 17.6 Å². The summed E-state index contributed by atoms with van der Waals surface area (Å²) in [7, 11) is 1.77. The minimum absolute atomic E-state index is 0.340. The van der Waals surface area contributed by atoms with E-state index < -0.39 is 5.60 Å². The summed E-state index contributed by atoms with van der Waals surface area (Å²) in [4.78, 5) is 0. The second-order valence-electron chi connectivity index (χ2n) is 6.20. The van der Waals surface area contributed by atoms with Crippen molar-refractivity contribution >= 4 is 0 Å². The molecule has 1 aliphatic heterocycles. The quantitative estimate of drug-likeness (QED) is 0.919. The van der Waals surface area contributed by atoms with Gasteiger partial charge in [0.2, 0.25) is 0 Å². The molecule has 0 atom stereocenters. The maximum absolute atomic E-state index is 10.7. The second-order valence-corrected chi connectivity index (χ2v) is 6.20. The normalized spacial score (nSPS) is 29.0. The van der Waals surface area contributed by atoms with Gasteiger partial charge in [-0.2, -0.15) is 0 Å². The van der Waals surface area contributed by atoms with Gasteiger partial charge in [0.25, 0.3) is 0 Å². The van der Waals surface area contributed by atoms with E-state index in [0.29, 0.717) is 6.10 Å². The fourth-order valence-electron chi connectivity index (χ4n) is 3.39. The largest absolute Gasteiger partial charge is 0.493 e. The number of fused-ring (bicyclic) bond motifs is 1. The molecule has 0 amide bonds. The average molecular weight is 276 g/mol. The van der Waals surface area contributed by atoms with E-state index in [1.807, 2.05) is 0 Å². The number of ether oxygens (including phenoxy) is 2. The molecule has 1 aromatic carbocycles. The van der Waals surface area contributed by atoms with Crippen LogP contribution in [0, 0.1) is 0 Å². The van der Waals surface area contributed by atoms with Crippen LogP contribution in [0.15, 0.2) is 18.2 Å². The van der Waals surface area contributed by atoms with Crippen LogP contribution in [0.2, 0.25) is 0 Å². The predicted octanol–water partition coefficient (Wildman–Crippen LogP) is 2.87. The molecule has 2 aliphatic rings. The topological polar surface area (TPSA) is 38.7 Å². The SMILES string of the molecule is COC1CCC(O)(CCc2ccc3c(c2)CCO3)CC1. The molecule has 1 aliphatic carbocycles. The average Bonchev–Trinajstić information content (AvgIpc) is 2.94. The summed E-state index contributed by atoms with van der Waals surface area (Å²) in [6, 6.07) is 6.45. The molecular weight excluding hydrogens is 252 g/mol. The fourth-order valence-corrected chi connectivity index (χ4v) is 3.39. The molecule has 1 saturated carbocycles. The molecule has 3 nitrogen and oxygen atoms in total. The maximum Gasteiger partial charge on any atom is 0.122 e. The Balaban J connectivity index is 1.56. The molecule has 1 heterocycles. The molecule has 1 aromatic rings. The van der Waals surface area contributed by atoms with Crippen molar-refractivity contribution < 1.29 is 14.6 Å². The second kappa shape index (κ2) is 5.74. The molecule has 110 valence electrons. The van der Waals surface area contributed by atoms with Crippen LogP contribution in [0.5, 0.6) is 5.75 Å². The summed E-state index contributed by atoms with van der Waals surface area (Å²) in [6.07, 6.45) is 6.83. The minimum atomic E-state index is -0.495. The molecule has 1 N–H and O–H groups in total. The lowest BCUT2D eigenvalue weighted by molar-refractivity contribution is -0.0478. The zero-order chi connectivity index (χ0) is 14.0. The Morgan fingerprint density at radius 1 is 1.35 bits per heavy atom. The van der Waals surface area contributed by atoms with Crippen molar-refractivity contribution in [2.45, 2.75) is 56.7 Å². The van der Waals surface area contributed by atoms with Gasteiger partial charge in [-0.25, -0.2) is 0 Å². The number of hydrogen-bond acceptors (Lipinski definition) is 3. The first-order chi connectivity index (χ1) is 9.68. The molecule has 3 rings (SSSR count). The Labute approximate surface area is 120 Å². The van der Waals surface area contributed by atoms with Gasteiger partial charge in [0, 0.05) is 13.5 Å². The van der Waals surface area contributed by atoms with Crippen molar-refractivity contribution in [3.05, 3.63) is 29.3 Å². The van der Waals surface area contributed by atoms with E-state index >= 15 is 0 Å². The van der Waals surface area contributed by atoms with Crippen LogP contribution in [0.1, 0.15) is 43.2 Å². The highest BCUT2D eigenvalue weighted by atomic mass is 16.5. The molecule has 0 bridgehead atoms. The Morgan fingerprint density at radius 2 is 2.15 bits per heavy atom. The van der Waals surface area contributed by atoms with Crippen molar-refractivity contribution in [2.75, 3.05) is 13.7 Å². The molecule has 3 heteroatoms. The summed E-state index contributed by atoms with van der Waals surface area (Å²) in [5.74, 6) is 1.04. The zero-order valence-electron chi connectivity index (χ0n) is 12.2. The van der Waals surface area contributed by atoms with Crippen molar-refractivity contribution in [1.29, 1.82) is 0 Å². The maximum atomic E-state index is 10.7. The summed E-state index contributed by atoms with van der Waals surface area (Å²) in [5.41, 5.74) is 2.14. The van der Waals surface area contributed by atoms with Gasteiger partial charge >= 0.3 is 0 Å². The van der Waals surface area contributed by atoms with E-state index in [9.17, 15) is 5.11 Å². The van der Waals surface area contributed by atoms with Crippen molar-refractivity contribution in [2.24, 2.45) is 0 Å². The first kappa shape index (κ1) is 13.9. The van der Waals surface area contributed by atoms with Gasteiger partial charge in [-0.1, -0.05) is 12.1 Å². The summed E-state index contributed by atoms with van der Waals surface area (Å²) in [5, 5.41) is 10.7. The molecule has 1 fully saturated rings. The third kappa shape index (κ3) is 2.99. The molecule has 0 saturated heterocycles. The van der Waals surface area contributed by atoms with Crippen LogP contribution < -0.4 is 4.74 Å². The van der Waals surface area contributed by atoms with Crippen LogP contribution >= 0.6 is 0 Å². The summed E-state index contributed by atoms with van der Waals surface area (Å²) >= 11 is 0. The van der Waals surface area contributed by atoms with Crippen molar-refractivity contribution in [3.8, 4) is 5.75 Å². The van der Waals surface area contributed by atoms with E-state index in [-0.39, 0.29) is 0 Å². The van der Waals surface area contributed by atoms with Gasteiger partial charge in [-0.3, -0.25) is 0 Å². The van der Waals surface area contributed by atoms with E-state index in [0.717, 1.165) is 57.3 Å². The fraction of sp³-hybridized carbons (Fsp3) is 0.647. The number of hydrogen-bond donors (Lipinski definition) is 1. The van der Waals surface area contributed by atoms with E-state index in [2.05, 4.69) is 18.2 Å². The lowest BCUT2D eigenvalue weighted by atomic mass is 9.79. The third-order valence-electron chi connectivity index (χ3n) is 4.83. The van der Waals surface area contributed by atoms with E-state index in [1.54, 1.807) is 7.11 Å². The smallest absolute Gasteiger partial charge is 0.122 e. The standard InChI is InChI=1S/C17H24O3/c1-19-15-5-9-17(18,10-6-15)8-4-13-2-3-16-14(12-13)7-11-20-16/h2-3,12,15,18H,4-11H2,1H3. The molecular formula is C17H24O3. The molecule has 0 radical (unpaired) electrons. The Morgan fingerprint density at radius 3 is 2.90 bits per heavy atom. The lowest BCUT2D eigenvalue weighted by Crippen LogP contribution is -2.36. The molecule has 0 aromatic heterocycles. The van der Waals surface area contributed by atoms with Crippen LogP contribution in [-0.4, -0.2) is 30.5 Å². The first-order valence-corrected chi connectivity index (χ1v) is 7.68. The highest BCUT2D eigenvalue weighted by molar-refractivity contribution is 5.39. The van der Waals surface area contributed by atoms with E-state index in [4.69, 9.17) is 9.47 Å². The van der Waals surface area contributed by atoms with Crippen LogP contribution in [0.4, 0.5) is 0 Å². The first-order valence-electron chi connectivity index (χ1n) is 7.68. The Kier molecular flexibility index (Phi) is 3.99. The third-order valence-corrected chi connectivity index (χ3v) is 4.83. The van der Waals surface area contributed by atoms with Gasteiger partial charge in [-0.15, -0.1) is 0 Å². The highest BCUT2D eigenvalue weighted by Gasteiger charge is 2.32. The summed E-state index contributed by atoms with van der Waals surface area (Å²) < 4.78 is 10.9. The highest BCUT2D eigenvalue weighted by Crippen LogP contribution is 2.34. The van der Waals surface area contributed by atoms with Gasteiger partial charge in [0.1, 0.15) is 5.75 Å². The van der Waals surface area contributed by atoms with Crippen molar-refractivity contribution in [1.82, 2.24) is 0 Å². The number of aliphatic hydroxyl groups is 1. The van der Waals surface area contributed by atoms with Gasteiger partial charge in [0.05, 0.1) is 18.3 Å². The number of methoxy groups -OCH3 is 1. The summed E-state index contributed by atoms with van der Waals surface area (Å²) in [6.45, 7) is 0.807. The number of benzene rings is 1. The van der Waals surface area contributed by atoms with Crippen LogP contribution in [0.3, 0.4) is 0 Å².